The van der Waals surface area contributed by atoms with Crippen molar-refractivity contribution in [3.63, 3.8) is 0 Å². The van der Waals surface area contributed by atoms with E-state index in [4.69, 9.17) is 9.41 Å². The van der Waals surface area contributed by atoms with Gasteiger partial charge in [0.05, 0.1) is 18.8 Å². The molecule has 156 valence electrons. The number of furan rings is 1. The maximum absolute atomic E-state index is 5.75. The van der Waals surface area contributed by atoms with Crippen LogP contribution in [0.5, 0.6) is 0 Å². The SMILES string of the molecule is CCNC(=NCC(c1ccco1)N1CCCC1)N1CCN(c2ccccn2)CC1. The number of anilines is 1. The summed E-state index contributed by atoms with van der Waals surface area (Å²) in [5.41, 5.74) is 0. The summed E-state index contributed by atoms with van der Waals surface area (Å²) in [6, 6.07) is 10.4. The molecule has 2 aliphatic heterocycles. The van der Waals surface area contributed by atoms with E-state index in [9.17, 15) is 0 Å². The van der Waals surface area contributed by atoms with E-state index in [1.807, 2.05) is 24.4 Å². The van der Waals surface area contributed by atoms with Gasteiger partial charge in [0, 0.05) is 38.9 Å². The molecule has 0 amide bonds. The molecule has 4 heterocycles. The Balaban J connectivity index is 1.42. The Morgan fingerprint density at radius 2 is 1.93 bits per heavy atom. The van der Waals surface area contributed by atoms with Crippen LogP contribution >= 0.6 is 0 Å². The second-order valence-corrected chi connectivity index (χ2v) is 7.63. The summed E-state index contributed by atoms with van der Waals surface area (Å²) in [7, 11) is 0. The number of aromatic nitrogens is 1. The van der Waals surface area contributed by atoms with Crippen LogP contribution in [0.15, 0.2) is 52.2 Å². The number of nitrogens with zero attached hydrogens (tertiary/aromatic N) is 5. The van der Waals surface area contributed by atoms with Gasteiger partial charge in [0.2, 0.25) is 0 Å². The maximum Gasteiger partial charge on any atom is 0.194 e. The van der Waals surface area contributed by atoms with Gasteiger partial charge in [0.1, 0.15) is 11.6 Å². The van der Waals surface area contributed by atoms with Crippen LogP contribution in [-0.2, 0) is 0 Å². The van der Waals surface area contributed by atoms with Gasteiger partial charge < -0.3 is 19.5 Å². The smallest absolute Gasteiger partial charge is 0.194 e. The minimum absolute atomic E-state index is 0.218. The molecule has 2 saturated heterocycles. The van der Waals surface area contributed by atoms with Gasteiger partial charge in [-0.1, -0.05) is 6.07 Å². The summed E-state index contributed by atoms with van der Waals surface area (Å²) >= 11 is 0. The highest BCUT2D eigenvalue weighted by atomic mass is 16.3. The Morgan fingerprint density at radius 3 is 2.59 bits per heavy atom. The Labute approximate surface area is 173 Å². The average Bonchev–Trinajstić information content (AvgIpc) is 3.49. The van der Waals surface area contributed by atoms with Gasteiger partial charge >= 0.3 is 0 Å². The molecule has 2 aliphatic rings. The lowest BCUT2D eigenvalue weighted by Crippen LogP contribution is -2.53. The van der Waals surface area contributed by atoms with E-state index in [0.717, 1.165) is 69.9 Å². The second-order valence-electron chi connectivity index (χ2n) is 7.63. The van der Waals surface area contributed by atoms with E-state index in [0.29, 0.717) is 0 Å². The highest BCUT2D eigenvalue weighted by Crippen LogP contribution is 2.26. The predicted molar refractivity (Wildman–Crippen MR) is 116 cm³/mol. The third kappa shape index (κ3) is 4.90. The molecule has 0 bridgehead atoms. The van der Waals surface area contributed by atoms with Crippen molar-refractivity contribution in [3.05, 3.63) is 48.6 Å². The summed E-state index contributed by atoms with van der Waals surface area (Å²) in [6.45, 7) is 9.76. The normalized spacial score (nSPS) is 19.6. The average molecular weight is 397 g/mol. The number of likely N-dealkylation sites (tertiary alicyclic amines) is 1. The minimum Gasteiger partial charge on any atom is -0.468 e. The van der Waals surface area contributed by atoms with E-state index >= 15 is 0 Å². The van der Waals surface area contributed by atoms with Crippen LogP contribution in [0.25, 0.3) is 0 Å². The fraction of sp³-hybridized carbons (Fsp3) is 0.545. The number of hydrogen-bond acceptors (Lipinski definition) is 5. The van der Waals surface area contributed by atoms with E-state index < -0.39 is 0 Å². The molecule has 0 aromatic carbocycles. The molecule has 1 atom stereocenters. The van der Waals surface area contributed by atoms with Crippen LogP contribution < -0.4 is 10.2 Å². The van der Waals surface area contributed by atoms with Gasteiger partial charge in [-0.05, 0) is 57.1 Å². The number of nitrogens with one attached hydrogen (secondary N) is 1. The number of aliphatic imine (C=N–C) groups is 1. The van der Waals surface area contributed by atoms with Gasteiger partial charge in [-0.3, -0.25) is 9.89 Å². The Morgan fingerprint density at radius 1 is 1.10 bits per heavy atom. The Bertz CT molecular complexity index is 749. The highest BCUT2D eigenvalue weighted by Gasteiger charge is 2.26. The highest BCUT2D eigenvalue weighted by molar-refractivity contribution is 5.80. The number of hydrogen-bond donors (Lipinski definition) is 1. The van der Waals surface area contributed by atoms with Gasteiger partial charge in [-0.2, -0.15) is 0 Å². The zero-order valence-electron chi connectivity index (χ0n) is 17.3. The molecule has 0 spiro atoms. The van der Waals surface area contributed by atoms with Gasteiger partial charge in [-0.25, -0.2) is 4.98 Å². The number of rotatable bonds is 6. The van der Waals surface area contributed by atoms with Crippen LogP contribution in [0.4, 0.5) is 5.82 Å². The minimum atomic E-state index is 0.218. The fourth-order valence-electron chi connectivity index (χ4n) is 4.21. The quantitative estimate of drug-likeness (QED) is 0.598. The topological polar surface area (TPSA) is 60.1 Å². The van der Waals surface area contributed by atoms with E-state index in [1.54, 1.807) is 6.26 Å². The first-order valence-electron chi connectivity index (χ1n) is 10.8. The predicted octanol–water partition coefficient (Wildman–Crippen LogP) is 2.60. The van der Waals surface area contributed by atoms with Crippen molar-refractivity contribution in [2.24, 2.45) is 4.99 Å². The molecule has 7 nitrogen and oxygen atoms in total. The van der Waals surface area contributed by atoms with Crippen molar-refractivity contribution < 1.29 is 4.42 Å². The van der Waals surface area contributed by atoms with E-state index in [-0.39, 0.29) is 6.04 Å². The third-order valence-corrected chi connectivity index (χ3v) is 5.75. The fourth-order valence-corrected chi connectivity index (χ4v) is 4.21. The molecule has 2 aromatic heterocycles. The van der Waals surface area contributed by atoms with E-state index in [1.165, 1.54) is 12.8 Å². The molecule has 4 rings (SSSR count). The zero-order chi connectivity index (χ0) is 19.9. The molecule has 1 unspecified atom stereocenters. The van der Waals surface area contributed by atoms with Crippen molar-refractivity contribution in [2.45, 2.75) is 25.8 Å². The van der Waals surface area contributed by atoms with Crippen LogP contribution in [0.2, 0.25) is 0 Å². The molecule has 1 N–H and O–H groups in total. The largest absolute Gasteiger partial charge is 0.468 e. The van der Waals surface area contributed by atoms with Crippen molar-refractivity contribution in [2.75, 3.05) is 57.3 Å². The molecule has 2 fully saturated rings. The lowest BCUT2D eigenvalue weighted by Gasteiger charge is -2.37. The van der Waals surface area contributed by atoms with Crippen LogP contribution in [0.3, 0.4) is 0 Å². The van der Waals surface area contributed by atoms with Crippen molar-refractivity contribution in [1.29, 1.82) is 0 Å². The summed E-state index contributed by atoms with van der Waals surface area (Å²) in [6.07, 6.45) is 6.15. The Hall–Kier alpha value is -2.54. The summed E-state index contributed by atoms with van der Waals surface area (Å²) < 4.78 is 5.75. The maximum atomic E-state index is 5.75. The molecular weight excluding hydrogens is 364 g/mol. The van der Waals surface area contributed by atoms with Crippen molar-refractivity contribution in [1.82, 2.24) is 20.1 Å². The summed E-state index contributed by atoms with van der Waals surface area (Å²) in [5.74, 6) is 3.08. The molecule has 29 heavy (non-hydrogen) atoms. The third-order valence-electron chi connectivity index (χ3n) is 5.75. The number of pyridine rings is 1. The lowest BCUT2D eigenvalue weighted by atomic mass is 10.2. The number of guanidine groups is 1. The van der Waals surface area contributed by atoms with Gasteiger partial charge in [0.15, 0.2) is 5.96 Å². The van der Waals surface area contributed by atoms with Gasteiger partial charge in [0.25, 0.3) is 0 Å². The van der Waals surface area contributed by atoms with Gasteiger partial charge in [-0.15, -0.1) is 0 Å². The van der Waals surface area contributed by atoms with Crippen LogP contribution in [0, 0.1) is 0 Å². The van der Waals surface area contributed by atoms with Crippen molar-refractivity contribution >= 4 is 11.8 Å². The molecular formula is C22H32N6O. The Kier molecular flexibility index (Phi) is 6.67. The van der Waals surface area contributed by atoms with Crippen LogP contribution in [0.1, 0.15) is 31.6 Å². The van der Waals surface area contributed by atoms with Crippen molar-refractivity contribution in [3.8, 4) is 0 Å². The second kappa shape index (κ2) is 9.78. The van der Waals surface area contributed by atoms with E-state index in [2.05, 4.69) is 44.1 Å². The molecule has 2 aromatic rings. The molecule has 0 saturated carbocycles. The monoisotopic (exact) mass is 396 g/mol. The molecule has 0 radical (unpaired) electrons. The number of piperazine rings is 1. The lowest BCUT2D eigenvalue weighted by molar-refractivity contribution is 0.220. The summed E-state index contributed by atoms with van der Waals surface area (Å²) in [5, 5.41) is 3.49. The van der Waals surface area contributed by atoms with Crippen LogP contribution in [-0.4, -0.2) is 73.1 Å². The molecule has 7 heteroatoms. The standard InChI is InChI=1S/C22H32N6O/c1-2-23-22(28-15-13-27(14-16-28)21-9-3-4-10-24-21)25-18-19(20-8-7-17-29-20)26-11-5-6-12-26/h3-4,7-10,17,19H,2,5-6,11-16,18H2,1H3,(H,23,25). The first kappa shape index (κ1) is 19.8. The first-order valence-corrected chi connectivity index (χ1v) is 10.8. The summed E-state index contributed by atoms with van der Waals surface area (Å²) in [4.78, 5) is 16.7. The molecule has 0 aliphatic carbocycles. The zero-order valence-corrected chi connectivity index (χ0v) is 17.3. The first-order chi connectivity index (χ1) is 14.3.